The molecule has 21 heavy (non-hydrogen) atoms. The lowest BCUT2D eigenvalue weighted by atomic mass is 9.66. The van der Waals surface area contributed by atoms with Gasteiger partial charge >= 0.3 is 0 Å². The summed E-state index contributed by atoms with van der Waals surface area (Å²) in [7, 11) is 1.99. The van der Waals surface area contributed by atoms with E-state index in [0.29, 0.717) is 11.8 Å². The first-order valence-corrected chi connectivity index (χ1v) is 8.87. The van der Waals surface area contributed by atoms with Crippen LogP contribution in [0.1, 0.15) is 76.0 Å². The van der Waals surface area contributed by atoms with Crippen LogP contribution in [0, 0.1) is 17.8 Å². The first kappa shape index (κ1) is 14.9. The summed E-state index contributed by atoms with van der Waals surface area (Å²) in [5.74, 6) is 4.14. The number of nitrogen functional groups attached to an aromatic ring is 1. The third kappa shape index (κ3) is 2.97. The van der Waals surface area contributed by atoms with Crippen molar-refractivity contribution in [3.63, 3.8) is 0 Å². The van der Waals surface area contributed by atoms with Crippen LogP contribution in [0.5, 0.6) is 0 Å². The van der Waals surface area contributed by atoms with Gasteiger partial charge in [0.2, 0.25) is 0 Å². The van der Waals surface area contributed by atoms with Crippen molar-refractivity contribution in [1.29, 1.82) is 0 Å². The van der Waals surface area contributed by atoms with Gasteiger partial charge in [-0.25, -0.2) is 0 Å². The molecule has 0 spiro atoms. The summed E-state index contributed by atoms with van der Waals surface area (Å²) >= 11 is 0. The average Bonchev–Trinajstić information content (AvgIpc) is 2.74. The van der Waals surface area contributed by atoms with Crippen molar-refractivity contribution >= 4 is 5.82 Å². The van der Waals surface area contributed by atoms with E-state index in [1.165, 1.54) is 56.2 Å². The highest BCUT2D eigenvalue weighted by Gasteiger charge is 2.35. The Labute approximate surface area is 129 Å². The summed E-state index contributed by atoms with van der Waals surface area (Å²) < 4.78 is 1.90. The summed E-state index contributed by atoms with van der Waals surface area (Å²) in [6.07, 6.45) is 11.0. The number of nitrogens with two attached hydrogens (primary N) is 1. The van der Waals surface area contributed by atoms with Crippen LogP contribution >= 0.6 is 0 Å². The zero-order valence-electron chi connectivity index (χ0n) is 13.9. The van der Waals surface area contributed by atoms with E-state index in [0.717, 1.165) is 24.1 Å². The van der Waals surface area contributed by atoms with Gasteiger partial charge in [0, 0.05) is 18.5 Å². The van der Waals surface area contributed by atoms with Crippen molar-refractivity contribution in [3.8, 4) is 0 Å². The van der Waals surface area contributed by atoms with E-state index in [4.69, 9.17) is 10.8 Å². The Bertz CT molecular complexity index is 489. The Hall–Kier alpha value is -0.990. The second-order valence-electron chi connectivity index (χ2n) is 7.79. The molecule has 2 aliphatic rings. The molecule has 3 unspecified atom stereocenters. The maximum absolute atomic E-state index is 6.29. The molecule has 2 N–H and O–H groups in total. The Morgan fingerprint density at radius 3 is 2.57 bits per heavy atom. The molecular weight excluding hydrogens is 258 g/mol. The molecule has 3 atom stereocenters. The molecule has 2 saturated carbocycles. The van der Waals surface area contributed by atoms with Crippen molar-refractivity contribution in [2.75, 3.05) is 5.73 Å². The van der Waals surface area contributed by atoms with E-state index < -0.39 is 0 Å². The summed E-state index contributed by atoms with van der Waals surface area (Å²) in [6.45, 7) is 4.54. The van der Waals surface area contributed by atoms with Crippen LogP contribution < -0.4 is 5.73 Å². The van der Waals surface area contributed by atoms with Gasteiger partial charge in [0.25, 0.3) is 0 Å². The number of aromatic nitrogens is 2. The minimum atomic E-state index is 0.640. The van der Waals surface area contributed by atoms with E-state index in [1.807, 2.05) is 11.7 Å². The molecule has 0 radical (unpaired) electrons. The van der Waals surface area contributed by atoms with Crippen molar-refractivity contribution in [2.24, 2.45) is 24.8 Å². The summed E-state index contributed by atoms with van der Waals surface area (Å²) in [5, 5.41) is 4.82. The minimum absolute atomic E-state index is 0.640. The second-order valence-corrected chi connectivity index (χ2v) is 7.79. The van der Waals surface area contributed by atoms with E-state index in [1.54, 1.807) is 0 Å². The molecule has 0 aliphatic heterocycles. The quantitative estimate of drug-likeness (QED) is 0.902. The number of nitrogens with zero attached hydrogens (tertiary/aromatic N) is 2. The molecule has 1 heterocycles. The molecule has 0 saturated heterocycles. The van der Waals surface area contributed by atoms with Crippen LogP contribution in [0.25, 0.3) is 0 Å². The lowest BCUT2D eigenvalue weighted by molar-refractivity contribution is 0.154. The molecule has 1 aromatic heterocycles. The standard InChI is InChI=1S/C18H31N3/c1-12(2)10-16-17(20-21(3)18(16)19)15-9-8-13-6-4-5-7-14(13)11-15/h12-15H,4-11,19H2,1-3H3. The molecule has 0 aromatic carbocycles. The van der Waals surface area contributed by atoms with Gasteiger partial charge in [-0.05, 0) is 43.4 Å². The minimum Gasteiger partial charge on any atom is -0.384 e. The summed E-state index contributed by atoms with van der Waals surface area (Å²) in [5.41, 5.74) is 8.96. The Morgan fingerprint density at radius 2 is 1.86 bits per heavy atom. The first-order chi connectivity index (χ1) is 10.1. The molecule has 2 aliphatic carbocycles. The van der Waals surface area contributed by atoms with Gasteiger partial charge in [-0.1, -0.05) is 39.5 Å². The monoisotopic (exact) mass is 289 g/mol. The van der Waals surface area contributed by atoms with Gasteiger partial charge in [0.1, 0.15) is 5.82 Å². The molecular formula is C18H31N3. The Kier molecular flexibility index (Phi) is 4.28. The van der Waals surface area contributed by atoms with Gasteiger partial charge in [0.05, 0.1) is 5.69 Å². The van der Waals surface area contributed by atoms with E-state index in [9.17, 15) is 0 Å². The lowest BCUT2D eigenvalue weighted by Crippen LogP contribution is -2.27. The highest BCUT2D eigenvalue weighted by Crippen LogP contribution is 2.46. The van der Waals surface area contributed by atoms with E-state index in [-0.39, 0.29) is 0 Å². The van der Waals surface area contributed by atoms with Crippen molar-refractivity contribution in [2.45, 2.75) is 71.1 Å². The third-order valence-electron chi connectivity index (χ3n) is 5.76. The number of fused-ring (bicyclic) bond motifs is 1. The number of rotatable bonds is 3. The van der Waals surface area contributed by atoms with Gasteiger partial charge in [-0.15, -0.1) is 0 Å². The van der Waals surface area contributed by atoms with Crippen molar-refractivity contribution < 1.29 is 0 Å². The normalized spacial score (nSPS) is 29.6. The fraction of sp³-hybridized carbons (Fsp3) is 0.833. The molecule has 2 fully saturated rings. The molecule has 3 heteroatoms. The van der Waals surface area contributed by atoms with Crippen LogP contribution in [0.15, 0.2) is 0 Å². The smallest absolute Gasteiger partial charge is 0.124 e. The third-order valence-corrected chi connectivity index (χ3v) is 5.76. The van der Waals surface area contributed by atoms with Crippen LogP contribution in [-0.4, -0.2) is 9.78 Å². The fourth-order valence-corrected chi connectivity index (χ4v) is 4.67. The average molecular weight is 289 g/mol. The number of aryl methyl sites for hydroxylation is 1. The molecule has 118 valence electrons. The maximum atomic E-state index is 6.29. The number of hydrogen-bond donors (Lipinski definition) is 1. The first-order valence-electron chi connectivity index (χ1n) is 8.87. The van der Waals surface area contributed by atoms with Gasteiger partial charge < -0.3 is 5.73 Å². The Morgan fingerprint density at radius 1 is 1.14 bits per heavy atom. The molecule has 1 aromatic rings. The molecule has 0 amide bonds. The van der Waals surface area contributed by atoms with Crippen molar-refractivity contribution in [3.05, 3.63) is 11.3 Å². The van der Waals surface area contributed by atoms with Gasteiger partial charge in [0.15, 0.2) is 0 Å². The van der Waals surface area contributed by atoms with Crippen LogP contribution in [-0.2, 0) is 13.5 Å². The predicted molar refractivity (Wildman–Crippen MR) is 88.2 cm³/mol. The zero-order valence-corrected chi connectivity index (χ0v) is 13.9. The van der Waals surface area contributed by atoms with E-state index >= 15 is 0 Å². The summed E-state index contributed by atoms with van der Waals surface area (Å²) in [6, 6.07) is 0. The molecule has 0 bridgehead atoms. The van der Waals surface area contributed by atoms with Crippen LogP contribution in [0.3, 0.4) is 0 Å². The van der Waals surface area contributed by atoms with Crippen LogP contribution in [0.2, 0.25) is 0 Å². The summed E-state index contributed by atoms with van der Waals surface area (Å²) in [4.78, 5) is 0. The topological polar surface area (TPSA) is 43.8 Å². The van der Waals surface area contributed by atoms with E-state index in [2.05, 4.69) is 13.8 Å². The fourth-order valence-electron chi connectivity index (χ4n) is 4.67. The Balaban J connectivity index is 1.81. The number of anilines is 1. The van der Waals surface area contributed by atoms with Crippen molar-refractivity contribution in [1.82, 2.24) is 9.78 Å². The molecule has 3 rings (SSSR count). The second kappa shape index (κ2) is 6.02. The molecule has 3 nitrogen and oxygen atoms in total. The lowest BCUT2D eigenvalue weighted by Gasteiger charge is -2.39. The predicted octanol–water partition coefficient (Wildman–Crippen LogP) is 4.27. The van der Waals surface area contributed by atoms with Crippen LogP contribution in [0.4, 0.5) is 5.82 Å². The highest BCUT2D eigenvalue weighted by atomic mass is 15.3. The maximum Gasteiger partial charge on any atom is 0.124 e. The SMILES string of the molecule is CC(C)Cc1c(C2CCC3CCCCC3C2)nn(C)c1N. The highest BCUT2D eigenvalue weighted by molar-refractivity contribution is 5.45. The largest absolute Gasteiger partial charge is 0.384 e. The number of hydrogen-bond acceptors (Lipinski definition) is 2. The van der Waals surface area contributed by atoms with Gasteiger partial charge in [-0.2, -0.15) is 5.10 Å². The zero-order chi connectivity index (χ0) is 15.0. The van der Waals surface area contributed by atoms with Gasteiger partial charge in [-0.3, -0.25) is 4.68 Å².